The SMILES string of the molecule is COC(=O)/C(C#N)=C/c1cn(-c2ccccc2)nc1-c1cccc(Cl)c1. The second-order valence-corrected chi connectivity index (χ2v) is 5.82. The molecule has 0 atom stereocenters. The predicted molar refractivity (Wildman–Crippen MR) is 99.6 cm³/mol. The molecule has 0 unspecified atom stereocenters. The number of nitriles is 1. The normalized spacial score (nSPS) is 11.0. The molecule has 0 spiro atoms. The topological polar surface area (TPSA) is 67.9 Å². The van der Waals surface area contributed by atoms with Crippen LogP contribution in [0.2, 0.25) is 5.02 Å². The number of methoxy groups -OCH3 is 1. The Bertz CT molecular complexity index is 1020. The molecular formula is C20H14ClN3O2. The summed E-state index contributed by atoms with van der Waals surface area (Å²) < 4.78 is 6.34. The lowest BCUT2D eigenvalue weighted by Gasteiger charge is -2.01. The minimum atomic E-state index is -0.697. The van der Waals surface area contributed by atoms with Crippen molar-refractivity contribution >= 4 is 23.6 Å². The van der Waals surface area contributed by atoms with Crippen molar-refractivity contribution in [3.63, 3.8) is 0 Å². The molecule has 0 radical (unpaired) electrons. The predicted octanol–water partition coefficient (Wildman–Crippen LogP) is 4.27. The average molecular weight is 364 g/mol. The second kappa shape index (κ2) is 7.68. The number of benzene rings is 2. The molecule has 26 heavy (non-hydrogen) atoms. The minimum absolute atomic E-state index is 0.108. The summed E-state index contributed by atoms with van der Waals surface area (Å²) in [6, 6.07) is 18.6. The summed E-state index contributed by atoms with van der Waals surface area (Å²) in [6.45, 7) is 0. The van der Waals surface area contributed by atoms with E-state index in [2.05, 4.69) is 9.84 Å². The summed E-state index contributed by atoms with van der Waals surface area (Å²) in [5.41, 5.74) is 2.74. The van der Waals surface area contributed by atoms with Gasteiger partial charge < -0.3 is 4.74 Å². The van der Waals surface area contributed by atoms with E-state index in [0.29, 0.717) is 16.3 Å². The van der Waals surface area contributed by atoms with Crippen molar-refractivity contribution in [2.45, 2.75) is 0 Å². The van der Waals surface area contributed by atoms with Gasteiger partial charge in [-0.2, -0.15) is 10.4 Å². The number of hydrogen-bond acceptors (Lipinski definition) is 4. The van der Waals surface area contributed by atoms with Crippen LogP contribution >= 0.6 is 11.6 Å². The number of carbonyl (C=O) groups excluding carboxylic acids is 1. The van der Waals surface area contributed by atoms with Crippen LogP contribution in [-0.2, 0) is 9.53 Å². The van der Waals surface area contributed by atoms with Crippen LogP contribution in [0, 0.1) is 11.3 Å². The molecule has 0 fully saturated rings. The zero-order chi connectivity index (χ0) is 18.5. The molecule has 0 aliphatic heterocycles. The second-order valence-electron chi connectivity index (χ2n) is 5.38. The molecule has 1 aromatic heterocycles. The van der Waals surface area contributed by atoms with Crippen LogP contribution in [0.25, 0.3) is 23.0 Å². The van der Waals surface area contributed by atoms with Crippen LogP contribution in [0.15, 0.2) is 66.4 Å². The lowest BCUT2D eigenvalue weighted by molar-refractivity contribution is -0.135. The molecule has 128 valence electrons. The molecule has 0 amide bonds. The number of rotatable bonds is 4. The molecule has 0 aliphatic rings. The lowest BCUT2D eigenvalue weighted by atomic mass is 10.1. The van der Waals surface area contributed by atoms with Gasteiger partial charge in [0.1, 0.15) is 17.3 Å². The highest BCUT2D eigenvalue weighted by Crippen LogP contribution is 2.27. The van der Waals surface area contributed by atoms with E-state index in [1.54, 1.807) is 23.0 Å². The highest BCUT2D eigenvalue weighted by Gasteiger charge is 2.15. The van der Waals surface area contributed by atoms with Crippen LogP contribution in [-0.4, -0.2) is 22.9 Å². The van der Waals surface area contributed by atoms with E-state index >= 15 is 0 Å². The van der Waals surface area contributed by atoms with Crippen molar-refractivity contribution in [3.05, 3.63) is 77.0 Å². The number of para-hydroxylation sites is 1. The number of nitrogens with zero attached hydrogens (tertiary/aromatic N) is 3. The molecule has 3 rings (SSSR count). The van der Waals surface area contributed by atoms with E-state index in [0.717, 1.165) is 11.3 Å². The van der Waals surface area contributed by atoms with Crippen LogP contribution in [0.5, 0.6) is 0 Å². The third kappa shape index (κ3) is 3.66. The zero-order valence-corrected chi connectivity index (χ0v) is 14.6. The van der Waals surface area contributed by atoms with Gasteiger partial charge >= 0.3 is 5.97 Å². The Balaban J connectivity index is 2.18. The summed E-state index contributed by atoms with van der Waals surface area (Å²) >= 11 is 6.10. The number of ether oxygens (including phenoxy) is 1. The highest BCUT2D eigenvalue weighted by atomic mass is 35.5. The number of carbonyl (C=O) groups is 1. The number of aromatic nitrogens is 2. The number of hydrogen-bond donors (Lipinski definition) is 0. The van der Waals surface area contributed by atoms with Crippen molar-refractivity contribution in [2.24, 2.45) is 0 Å². The fraction of sp³-hybridized carbons (Fsp3) is 0.0500. The molecule has 0 saturated carbocycles. The summed E-state index contributed by atoms with van der Waals surface area (Å²) in [7, 11) is 1.23. The maximum Gasteiger partial charge on any atom is 0.348 e. The molecular weight excluding hydrogens is 350 g/mol. The maximum absolute atomic E-state index is 11.8. The van der Waals surface area contributed by atoms with Gasteiger partial charge in [-0.3, -0.25) is 0 Å². The molecule has 0 N–H and O–H groups in total. The van der Waals surface area contributed by atoms with E-state index in [-0.39, 0.29) is 5.57 Å². The number of halogens is 1. The Hall–Kier alpha value is -3.36. The van der Waals surface area contributed by atoms with Gasteiger partial charge in [0.05, 0.1) is 12.8 Å². The third-order valence-corrected chi connectivity index (χ3v) is 3.92. The standard InChI is InChI=1S/C20H14ClN3O2/c1-26-20(25)15(12-22)10-16-13-24(18-8-3-2-4-9-18)23-19(16)14-6-5-7-17(21)11-14/h2-11,13H,1H3/b15-10+. The van der Waals surface area contributed by atoms with Crippen molar-refractivity contribution < 1.29 is 9.53 Å². The van der Waals surface area contributed by atoms with Gasteiger partial charge in [0.25, 0.3) is 0 Å². The molecule has 0 saturated heterocycles. The van der Waals surface area contributed by atoms with Gasteiger partial charge in [-0.15, -0.1) is 0 Å². The van der Waals surface area contributed by atoms with E-state index in [1.165, 1.54) is 13.2 Å². The van der Waals surface area contributed by atoms with Gasteiger partial charge in [-0.25, -0.2) is 9.48 Å². The first-order valence-electron chi connectivity index (χ1n) is 7.73. The monoisotopic (exact) mass is 363 g/mol. The molecule has 3 aromatic rings. The van der Waals surface area contributed by atoms with E-state index < -0.39 is 5.97 Å². The molecule has 2 aromatic carbocycles. The van der Waals surface area contributed by atoms with Crippen LogP contribution in [0.1, 0.15) is 5.56 Å². The van der Waals surface area contributed by atoms with Crippen molar-refractivity contribution in [1.82, 2.24) is 9.78 Å². The maximum atomic E-state index is 11.8. The Morgan fingerprint density at radius 3 is 2.65 bits per heavy atom. The first-order valence-corrected chi connectivity index (χ1v) is 8.11. The summed E-state index contributed by atoms with van der Waals surface area (Å²) in [6.07, 6.45) is 3.22. The summed E-state index contributed by atoms with van der Waals surface area (Å²) in [5.74, 6) is -0.697. The van der Waals surface area contributed by atoms with Gasteiger partial charge in [-0.1, -0.05) is 41.9 Å². The van der Waals surface area contributed by atoms with Gasteiger partial charge in [0.15, 0.2) is 0 Å². The Morgan fingerprint density at radius 2 is 2.00 bits per heavy atom. The first kappa shape index (κ1) is 17.5. The molecule has 1 heterocycles. The average Bonchev–Trinajstić information content (AvgIpc) is 3.10. The van der Waals surface area contributed by atoms with Gasteiger partial charge in [0, 0.05) is 22.3 Å². The molecule has 0 aliphatic carbocycles. The number of esters is 1. The lowest BCUT2D eigenvalue weighted by Crippen LogP contribution is -2.02. The third-order valence-electron chi connectivity index (χ3n) is 3.69. The summed E-state index contributed by atoms with van der Waals surface area (Å²) in [5, 5.41) is 14.4. The smallest absolute Gasteiger partial charge is 0.348 e. The van der Waals surface area contributed by atoms with Crippen LogP contribution in [0.4, 0.5) is 0 Å². The van der Waals surface area contributed by atoms with Crippen molar-refractivity contribution in [1.29, 1.82) is 5.26 Å². The van der Waals surface area contributed by atoms with E-state index in [1.807, 2.05) is 48.5 Å². The van der Waals surface area contributed by atoms with Gasteiger partial charge in [0.2, 0.25) is 0 Å². The molecule has 6 heteroatoms. The van der Waals surface area contributed by atoms with E-state index in [4.69, 9.17) is 11.6 Å². The highest BCUT2D eigenvalue weighted by molar-refractivity contribution is 6.30. The van der Waals surface area contributed by atoms with Crippen molar-refractivity contribution in [2.75, 3.05) is 7.11 Å². The first-order chi connectivity index (χ1) is 12.6. The minimum Gasteiger partial charge on any atom is -0.465 e. The fourth-order valence-electron chi connectivity index (χ4n) is 2.47. The molecule has 0 bridgehead atoms. The fourth-order valence-corrected chi connectivity index (χ4v) is 2.66. The summed E-state index contributed by atoms with van der Waals surface area (Å²) in [4.78, 5) is 11.8. The Labute approximate surface area is 155 Å². The molecule has 5 nitrogen and oxygen atoms in total. The van der Waals surface area contributed by atoms with Crippen molar-refractivity contribution in [3.8, 4) is 23.0 Å². The Morgan fingerprint density at radius 1 is 1.23 bits per heavy atom. The Kier molecular flexibility index (Phi) is 5.16. The largest absolute Gasteiger partial charge is 0.465 e. The van der Waals surface area contributed by atoms with E-state index in [9.17, 15) is 10.1 Å². The zero-order valence-electron chi connectivity index (χ0n) is 13.9. The van der Waals surface area contributed by atoms with Crippen LogP contribution < -0.4 is 0 Å². The quantitative estimate of drug-likeness (QED) is 0.394. The van der Waals surface area contributed by atoms with Crippen LogP contribution in [0.3, 0.4) is 0 Å². The van der Waals surface area contributed by atoms with Gasteiger partial charge in [-0.05, 0) is 30.3 Å².